The second-order valence-corrected chi connectivity index (χ2v) is 10.0. The Morgan fingerprint density at radius 1 is 0.943 bits per heavy atom. The molecule has 0 saturated heterocycles. The standard InChI is InChI=1S/C26H21N3O5S/c1-15-12-22(27-20-5-3-2-4-18(15)20)25-19-13-16(6-8-21(19)28-26(25)30)29-35(31,32)17-7-9-23-24(14-17)34-11-10-33-23/h2-9,12-14,28-30H,10-11H2,1H3. The van der Waals surface area contributed by atoms with Crippen LogP contribution in [-0.4, -0.2) is 36.7 Å². The van der Waals surface area contributed by atoms with Gasteiger partial charge in [0, 0.05) is 28.0 Å². The number of aromatic hydroxyl groups is 1. The molecule has 6 rings (SSSR count). The van der Waals surface area contributed by atoms with E-state index in [9.17, 15) is 13.5 Å². The zero-order valence-electron chi connectivity index (χ0n) is 18.7. The van der Waals surface area contributed by atoms with Crippen LogP contribution in [0.2, 0.25) is 0 Å². The van der Waals surface area contributed by atoms with Gasteiger partial charge in [0.1, 0.15) is 13.2 Å². The number of nitrogens with zero attached hydrogens (tertiary/aromatic N) is 1. The molecule has 3 N–H and O–H groups in total. The van der Waals surface area contributed by atoms with E-state index in [1.54, 1.807) is 24.3 Å². The highest BCUT2D eigenvalue weighted by Crippen LogP contribution is 2.39. The van der Waals surface area contributed by atoms with Crippen molar-refractivity contribution in [3.8, 4) is 28.6 Å². The monoisotopic (exact) mass is 487 g/mol. The lowest BCUT2D eigenvalue weighted by atomic mass is 10.0. The van der Waals surface area contributed by atoms with E-state index in [4.69, 9.17) is 14.5 Å². The summed E-state index contributed by atoms with van der Waals surface area (Å²) in [7, 11) is -3.90. The minimum Gasteiger partial charge on any atom is -0.494 e. The third-order valence-corrected chi connectivity index (χ3v) is 7.41. The van der Waals surface area contributed by atoms with Crippen molar-refractivity contribution < 1.29 is 23.0 Å². The fourth-order valence-electron chi connectivity index (χ4n) is 4.38. The maximum atomic E-state index is 13.1. The molecule has 5 aromatic rings. The number of ether oxygens (including phenoxy) is 2. The molecule has 2 aromatic heterocycles. The largest absolute Gasteiger partial charge is 0.494 e. The molecule has 0 amide bonds. The van der Waals surface area contributed by atoms with Crippen molar-refractivity contribution in [2.24, 2.45) is 0 Å². The number of hydrogen-bond acceptors (Lipinski definition) is 6. The highest BCUT2D eigenvalue weighted by molar-refractivity contribution is 7.92. The number of nitrogens with one attached hydrogen (secondary N) is 2. The van der Waals surface area contributed by atoms with E-state index in [2.05, 4.69) is 9.71 Å². The predicted molar refractivity (Wildman–Crippen MR) is 134 cm³/mol. The van der Waals surface area contributed by atoms with Gasteiger partial charge in [0.25, 0.3) is 10.0 Å². The molecule has 176 valence electrons. The van der Waals surface area contributed by atoms with E-state index in [0.717, 1.165) is 16.5 Å². The van der Waals surface area contributed by atoms with E-state index in [1.807, 2.05) is 37.3 Å². The van der Waals surface area contributed by atoms with Gasteiger partial charge >= 0.3 is 0 Å². The molecule has 0 aliphatic carbocycles. The number of anilines is 1. The van der Waals surface area contributed by atoms with Gasteiger partial charge in [0.05, 0.1) is 21.7 Å². The topological polar surface area (TPSA) is 114 Å². The molecule has 0 spiro atoms. The van der Waals surface area contributed by atoms with Crippen LogP contribution in [0.4, 0.5) is 5.69 Å². The maximum absolute atomic E-state index is 13.1. The number of H-pyrrole nitrogens is 1. The fraction of sp³-hybridized carbons (Fsp3) is 0.115. The molecule has 0 unspecified atom stereocenters. The van der Waals surface area contributed by atoms with Crippen molar-refractivity contribution in [2.45, 2.75) is 11.8 Å². The minimum absolute atomic E-state index is 0.0333. The molecule has 3 aromatic carbocycles. The van der Waals surface area contributed by atoms with E-state index in [-0.39, 0.29) is 10.8 Å². The first-order valence-corrected chi connectivity index (χ1v) is 12.5. The van der Waals surface area contributed by atoms with Gasteiger partial charge in [-0.25, -0.2) is 13.4 Å². The number of aryl methyl sites for hydroxylation is 1. The summed E-state index contributed by atoms with van der Waals surface area (Å²) in [6.07, 6.45) is 0. The Morgan fingerprint density at radius 2 is 1.74 bits per heavy atom. The Balaban J connectivity index is 1.41. The Morgan fingerprint density at radius 3 is 2.60 bits per heavy atom. The van der Waals surface area contributed by atoms with Crippen molar-refractivity contribution in [3.05, 3.63) is 72.3 Å². The number of para-hydroxylation sites is 1. The van der Waals surface area contributed by atoms with Crippen molar-refractivity contribution in [1.82, 2.24) is 9.97 Å². The number of aromatic nitrogens is 2. The Bertz CT molecular complexity index is 1730. The molecule has 35 heavy (non-hydrogen) atoms. The molecular formula is C26H21N3O5S. The number of rotatable bonds is 4. The van der Waals surface area contributed by atoms with Crippen LogP contribution in [-0.2, 0) is 10.0 Å². The van der Waals surface area contributed by atoms with E-state index in [1.165, 1.54) is 12.1 Å². The van der Waals surface area contributed by atoms with Crippen LogP contribution < -0.4 is 14.2 Å². The van der Waals surface area contributed by atoms with Gasteiger partial charge in [-0.1, -0.05) is 18.2 Å². The summed E-state index contributed by atoms with van der Waals surface area (Å²) in [6.45, 7) is 2.78. The number of aromatic amines is 1. The van der Waals surface area contributed by atoms with Gasteiger partial charge in [-0.2, -0.15) is 0 Å². The van der Waals surface area contributed by atoms with Gasteiger partial charge < -0.3 is 19.6 Å². The zero-order valence-corrected chi connectivity index (χ0v) is 19.5. The van der Waals surface area contributed by atoms with Crippen molar-refractivity contribution in [1.29, 1.82) is 0 Å². The second kappa shape index (κ2) is 7.92. The third-order valence-electron chi connectivity index (χ3n) is 6.03. The second-order valence-electron chi connectivity index (χ2n) is 8.36. The molecule has 3 heterocycles. The zero-order chi connectivity index (χ0) is 24.2. The lowest BCUT2D eigenvalue weighted by molar-refractivity contribution is 0.171. The summed E-state index contributed by atoms with van der Waals surface area (Å²) in [5, 5.41) is 12.4. The van der Waals surface area contributed by atoms with Crippen LogP contribution in [0.1, 0.15) is 5.56 Å². The number of pyridine rings is 1. The molecule has 0 atom stereocenters. The lowest BCUT2D eigenvalue weighted by Gasteiger charge is -2.19. The minimum atomic E-state index is -3.90. The Kier molecular flexibility index (Phi) is 4.82. The average molecular weight is 488 g/mol. The van der Waals surface area contributed by atoms with Crippen LogP contribution in [0.25, 0.3) is 33.1 Å². The molecule has 0 fully saturated rings. The molecule has 0 bridgehead atoms. The number of sulfonamides is 1. The summed E-state index contributed by atoms with van der Waals surface area (Å²) in [6, 6.07) is 19.3. The first-order chi connectivity index (χ1) is 16.9. The predicted octanol–water partition coefficient (Wildman–Crippen LogP) is 4.97. The fourth-order valence-corrected chi connectivity index (χ4v) is 5.45. The van der Waals surface area contributed by atoms with Gasteiger partial charge in [-0.05, 0) is 55.0 Å². The molecular weight excluding hydrogens is 466 g/mol. The summed E-state index contributed by atoms with van der Waals surface area (Å²) < 4.78 is 39.8. The van der Waals surface area contributed by atoms with Crippen molar-refractivity contribution >= 4 is 37.5 Å². The molecule has 1 aliphatic rings. The first-order valence-electron chi connectivity index (χ1n) is 11.0. The Labute approximate surface area is 201 Å². The van der Waals surface area contributed by atoms with Crippen molar-refractivity contribution in [2.75, 3.05) is 17.9 Å². The SMILES string of the molecule is Cc1cc(-c2c(O)[nH]c3ccc(NS(=O)(=O)c4ccc5c(c4)OCCO5)cc23)nc2ccccc12. The molecule has 0 saturated carbocycles. The smallest absolute Gasteiger partial charge is 0.262 e. The highest BCUT2D eigenvalue weighted by Gasteiger charge is 2.21. The van der Waals surface area contributed by atoms with Crippen LogP contribution in [0, 0.1) is 6.92 Å². The summed E-state index contributed by atoms with van der Waals surface area (Å²) >= 11 is 0. The van der Waals surface area contributed by atoms with Crippen molar-refractivity contribution in [3.63, 3.8) is 0 Å². The quantitative estimate of drug-likeness (QED) is 0.330. The van der Waals surface area contributed by atoms with Crippen LogP contribution in [0.3, 0.4) is 0 Å². The molecule has 8 nitrogen and oxygen atoms in total. The molecule has 1 aliphatic heterocycles. The van der Waals surface area contributed by atoms with Gasteiger partial charge in [-0.3, -0.25) is 4.72 Å². The summed E-state index contributed by atoms with van der Waals surface area (Å²) in [5.41, 5.74) is 3.95. The van der Waals surface area contributed by atoms with Crippen LogP contribution in [0.5, 0.6) is 17.4 Å². The van der Waals surface area contributed by atoms with Crippen LogP contribution >= 0.6 is 0 Å². The number of benzene rings is 3. The van der Waals surface area contributed by atoms with Gasteiger partial charge in [0.2, 0.25) is 0 Å². The molecule has 0 radical (unpaired) electrons. The number of fused-ring (bicyclic) bond motifs is 3. The Hall–Kier alpha value is -4.24. The highest BCUT2D eigenvalue weighted by atomic mass is 32.2. The average Bonchev–Trinajstić information content (AvgIpc) is 3.18. The maximum Gasteiger partial charge on any atom is 0.262 e. The van der Waals surface area contributed by atoms with Gasteiger partial charge in [0.15, 0.2) is 17.4 Å². The molecule has 9 heteroatoms. The summed E-state index contributed by atoms with van der Waals surface area (Å²) in [5.74, 6) is 0.876. The normalized spacial score (nSPS) is 13.3. The first kappa shape index (κ1) is 21.3. The summed E-state index contributed by atoms with van der Waals surface area (Å²) in [4.78, 5) is 7.76. The number of hydrogen-bond donors (Lipinski definition) is 3. The van der Waals surface area contributed by atoms with Gasteiger partial charge in [-0.15, -0.1) is 0 Å². The van der Waals surface area contributed by atoms with E-state index >= 15 is 0 Å². The third kappa shape index (κ3) is 3.70. The van der Waals surface area contributed by atoms with E-state index < -0.39 is 10.0 Å². The van der Waals surface area contributed by atoms with E-state index in [0.29, 0.717) is 52.6 Å². The lowest BCUT2D eigenvalue weighted by Crippen LogP contribution is -2.17. The van der Waals surface area contributed by atoms with Crippen LogP contribution in [0.15, 0.2) is 71.6 Å².